The summed E-state index contributed by atoms with van der Waals surface area (Å²) in [6.45, 7) is 0. The molecule has 0 bridgehead atoms. The maximum absolute atomic E-state index is 2.44. The molecule has 0 N–H and O–H groups in total. The van der Waals surface area contributed by atoms with Crippen molar-refractivity contribution in [1.29, 1.82) is 0 Å². The van der Waals surface area contributed by atoms with Crippen LogP contribution in [0.4, 0.5) is 17.1 Å². The fourth-order valence-corrected chi connectivity index (χ4v) is 10.0. The van der Waals surface area contributed by atoms with E-state index in [0.717, 1.165) is 17.1 Å². The number of fused-ring (bicyclic) bond motifs is 13. The number of anilines is 3. The van der Waals surface area contributed by atoms with Gasteiger partial charge in [-0.05, 0) is 104 Å². The summed E-state index contributed by atoms with van der Waals surface area (Å²) in [5.74, 6) is 0. The second kappa shape index (κ2) is 10.9. The summed E-state index contributed by atoms with van der Waals surface area (Å²) in [7, 11) is 0. The zero-order chi connectivity index (χ0) is 33.5. The van der Waals surface area contributed by atoms with Gasteiger partial charge in [-0.3, -0.25) is 0 Å². The van der Waals surface area contributed by atoms with Gasteiger partial charge in [0.1, 0.15) is 0 Å². The van der Waals surface area contributed by atoms with Crippen molar-refractivity contribution in [2.75, 3.05) is 4.90 Å². The third-order valence-corrected chi connectivity index (χ3v) is 12.2. The summed E-state index contributed by atoms with van der Waals surface area (Å²) in [5, 5.41) is 2.60. The number of hydrogen-bond acceptors (Lipinski definition) is 2. The molecular formula is C49H31NS. The first kappa shape index (κ1) is 28.6. The standard InChI is InChI=1S/C49H31NS/c1-2-12-32(13-3-1)33-22-24-34(25-23-33)50(36-27-29-48-42(31-36)40-17-7-11-21-47(40)51-48)35-26-28-46-41(30-35)39-16-6-10-20-45(39)49(46)43-18-8-4-14-37(43)38-15-5-9-19-44(38)49/h1-31H. The van der Waals surface area contributed by atoms with Crippen LogP contribution in [0.15, 0.2) is 188 Å². The van der Waals surface area contributed by atoms with Crippen molar-refractivity contribution < 1.29 is 0 Å². The van der Waals surface area contributed by atoms with Crippen LogP contribution < -0.4 is 4.90 Å². The van der Waals surface area contributed by atoms with E-state index in [1.165, 1.54) is 75.8 Å². The van der Waals surface area contributed by atoms with Crippen molar-refractivity contribution in [3.63, 3.8) is 0 Å². The third kappa shape index (κ3) is 4.03. The zero-order valence-electron chi connectivity index (χ0n) is 27.8. The molecule has 0 saturated heterocycles. The molecule has 1 aromatic heterocycles. The van der Waals surface area contributed by atoms with Gasteiger partial charge in [-0.15, -0.1) is 11.3 Å². The normalized spacial score (nSPS) is 13.3. The lowest BCUT2D eigenvalue weighted by Crippen LogP contribution is -2.25. The SMILES string of the molecule is c1ccc(-c2ccc(N(c3ccc4c(c3)-c3ccccc3C43c4ccccc4-c4ccccc43)c3ccc4sc5ccccc5c4c3)cc2)cc1. The van der Waals surface area contributed by atoms with Crippen molar-refractivity contribution in [2.45, 2.75) is 5.41 Å². The molecule has 1 heterocycles. The lowest BCUT2D eigenvalue weighted by atomic mass is 9.70. The van der Waals surface area contributed by atoms with Crippen LogP contribution in [0.1, 0.15) is 22.3 Å². The Kier molecular flexibility index (Phi) is 6.11. The summed E-state index contributed by atoms with van der Waals surface area (Å²) in [6, 6.07) is 69.7. The number of hydrogen-bond donors (Lipinski definition) is 0. The first-order chi connectivity index (χ1) is 25.3. The second-order valence-corrected chi connectivity index (χ2v) is 14.7. The Morgan fingerprint density at radius 2 is 0.824 bits per heavy atom. The number of thiophene rings is 1. The Morgan fingerprint density at radius 1 is 0.333 bits per heavy atom. The van der Waals surface area contributed by atoms with Crippen molar-refractivity contribution in [2.24, 2.45) is 0 Å². The minimum atomic E-state index is -0.353. The van der Waals surface area contributed by atoms with Gasteiger partial charge in [0.05, 0.1) is 5.41 Å². The molecular weight excluding hydrogens is 635 g/mol. The number of rotatable bonds is 4. The van der Waals surface area contributed by atoms with E-state index < -0.39 is 0 Å². The van der Waals surface area contributed by atoms with Crippen LogP contribution in [-0.2, 0) is 5.41 Å². The molecule has 1 nitrogen and oxygen atoms in total. The molecule has 2 heteroatoms. The van der Waals surface area contributed by atoms with E-state index in [0.29, 0.717) is 0 Å². The van der Waals surface area contributed by atoms with Gasteiger partial charge in [0.25, 0.3) is 0 Å². The van der Waals surface area contributed by atoms with Gasteiger partial charge in [-0.2, -0.15) is 0 Å². The molecule has 0 aliphatic heterocycles. The zero-order valence-corrected chi connectivity index (χ0v) is 28.6. The summed E-state index contributed by atoms with van der Waals surface area (Å²) < 4.78 is 2.63. The van der Waals surface area contributed by atoms with E-state index in [1.54, 1.807) is 0 Å². The quantitative estimate of drug-likeness (QED) is 0.181. The van der Waals surface area contributed by atoms with Crippen LogP contribution in [0, 0.1) is 0 Å². The lowest BCUT2D eigenvalue weighted by Gasteiger charge is -2.31. The average Bonchev–Trinajstić information content (AvgIpc) is 3.82. The maximum atomic E-state index is 2.44. The van der Waals surface area contributed by atoms with Crippen LogP contribution in [0.25, 0.3) is 53.6 Å². The molecule has 8 aromatic carbocycles. The van der Waals surface area contributed by atoms with Crippen LogP contribution in [0.2, 0.25) is 0 Å². The van der Waals surface area contributed by atoms with E-state index >= 15 is 0 Å². The number of nitrogens with zero attached hydrogens (tertiary/aromatic N) is 1. The second-order valence-electron chi connectivity index (χ2n) is 13.6. The van der Waals surface area contributed by atoms with Gasteiger partial charge < -0.3 is 4.90 Å². The molecule has 0 atom stereocenters. The average molecular weight is 666 g/mol. The van der Waals surface area contributed by atoms with E-state index in [9.17, 15) is 0 Å². The fourth-order valence-electron chi connectivity index (χ4n) is 8.96. The molecule has 9 aromatic rings. The van der Waals surface area contributed by atoms with Crippen LogP contribution >= 0.6 is 11.3 Å². The Balaban J connectivity index is 1.14. The van der Waals surface area contributed by atoms with Gasteiger partial charge in [0.2, 0.25) is 0 Å². The van der Waals surface area contributed by atoms with E-state index in [4.69, 9.17) is 0 Å². The topological polar surface area (TPSA) is 3.24 Å². The molecule has 0 amide bonds. The van der Waals surface area contributed by atoms with Crippen molar-refractivity contribution in [1.82, 2.24) is 0 Å². The molecule has 51 heavy (non-hydrogen) atoms. The molecule has 0 saturated carbocycles. The molecule has 1 spiro atoms. The van der Waals surface area contributed by atoms with Crippen molar-refractivity contribution in [3.8, 4) is 33.4 Å². The predicted octanol–water partition coefficient (Wildman–Crippen LogP) is 13.5. The fraction of sp³-hybridized carbons (Fsp3) is 0.0204. The Hall–Kier alpha value is -6.22. The highest BCUT2D eigenvalue weighted by Gasteiger charge is 2.51. The van der Waals surface area contributed by atoms with E-state index in [-0.39, 0.29) is 5.41 Å². The Labute approximate surface area is 301 Å². The molecule has 2 aliphatic carbocycles. The molecule has 2 aliphatic rings. The summed E-state index contributed by atoms with van der Waals surface area (Å²) >= 11 is 1.86. The van der Waals surface area contributed by atoms with E-state index in [1.807, 2.05) is 11.3 Å². The highest BCUT2D eigenvalue weighted by Crippen LogP contribution is 2.63. The molecule has 11 rings (SSSR count). The third-order valence-electron chi connectivity index (χ3n) is 11.1. The Bertz CT molecular complexity index is 2760. The van der Waals surface area contributed by atoms with Gasteiger partial charge in [0.15, 0.2) is 0 Å². The summed E-state index contributed by atoms with van der Waals surface area (Å²) in [4.78, 5) is 2.44. The van der Waals surface area contributed by atoms with Gasteiger partial charge >= 0.3 is 0 Å². The molecule has 0 fully saturated rings. The minimum absolute atomic E-state index is 0.353. The highest BCUT2D eigenvalue weighted by atomic mass is 32.1. The van der Waals surface area contributed by atoms with Crippen molar-refractivity contribution >= 4 is 48.6 Å². The van der Waals surface area contributed by atoms with Gasteiger partial charge in [-0.1, -0.05) is 140 Å². The Morgan fingerprint density at radius 3 is 1.53 bits per heavy atom. The van der Waals surface area contributed by atoms with Crippen LogP contribution in [0.3, 0.4) is 0 Å². The maximum Gasteiger partial charge on any atom is 0.0725 e. The minimum Gasteiger partial charge on any atom is -0.310 e. The molecule has 0 unspecified atom stereocenters. The summed E-state index contributed by atoms with van der Waals surface area (Å²) in [6.07, 6.45) is 0. The van der Waals surface area contributed by atoms with Crippen LogP contribution in [0.5, 0.6) is 0 Å². The molecule has 0 radical (unpaired) electrons. The smallest absolute Gasteiger partial charge is 0.0725 e. The summed E-state index contributed by atoms with van der Waals surface area (Å²) in [5.41, 5.74) is 16.2. The highest BCUT2D eigenvalue weighted by molar-refractivity contribution is 7.25. The van der Waals surface area contributed by atoms with Crippen molar-refractivity contribution in [3.05, 3.63) is 210 Å². The monoisotopic (exact) mass is 665 g/mol. The van der Waals surface area contributed by atoms with Gasteiger partial charge in [0, 0.05) is 37.2 Å². The lowest BCUT2D eigenvalue weighted by molar-refractivity contribution is 0.794. The predicted molar refractivity (Wildman–Crippen MR) is 216 cm³/mol. The first-order valence-electron chi connectivity index (χ1n) is 17.6. The van der Waals surface area contributed by atoms with Crippen LogP contribution in [-0.4, -0.2) is 0 Å². The number of benzene rings is 8. The largest absolute Gasteiger partial charge is 0.310 e. The molecule has 238 valence electrons. The van der Waals surface area contributed by atoms with E-state index in [2.05, 4.69) is 193 Å². The van der Waals surface area contributed by atoms with Gasteiger partial charge in [-0.25, -0.2) is 0 Å². The first-order valence-corrected chi connectivity index (χ1v) is 18.4.